The lowest BCUT2D eigenvalue weighted by molar-refractivity contribution is -0.147. The Labute approximate surface area is 202 Å². The van der Waals surface area contributed by atoms with Gasteiger partial charge in [0, 0.05) is 6.54 Å². The number of nitrogens with zero attached hydrogens (tertiary/aromatic N) is 1. The maximum Gasteiger partial charge on any atom is 0.310 e. The molecule has 0 radical (unpaired) electrons. The first-order valence-electron chi connectivity index (χ1n) is 11.9. The largest absolute Gasteiger partial charge is 0.497 e. The number of hydrogen-bond acceptors (Lipinski definition) is 7. The molecule has 1 aliphatic rings. The Kier molecular flexibility index (Phi) is 9.36. The van der Waals surface area contributed by atoms with Crippen LogP contribution in [0.2, 0.25) is 0 Å². The van der Waals surface area contributed by atoms with Gasteiger partial charge in [-0.1, -0.05) is 25.5 Å². The van der Waals surface area contributed by atoms with E-state index in [0.717, 1.165) is 19.6 Å². The summed E-state index contributed by atoms with van der Waals surface area (Å²) < 4.78 is 43.7. The summed E-state index contributed by atoms with van der Waals surface area (Å²) in [6.07, 6.45) is 3.71. The van der Waals surface area contributed by atoms with E-state index in [4.69, 9.17) is 14.2 Å². The molecule has 1 heterocycles. The molecule has 0 amide bonds. The van der Waals surface area contributed by atoms with E-state index in [1.54, 1.807) is 44.2 Å². The Morgan fingerprint density at radius 3 is 2.38 bits per heavy atom. The van der Waals surface area contributed by atoms with Gasteiger partial charge in [0.05, 0.1) is 24.5 Å². The van der Waals surface area contributed by atoms with Gasteiger partial charge in [-0.05, 0) is 74.8 Å². The van der Waals surface area contributed by atoms with Crippen LogP contribution in [0.25, 0.3) is 0 Å². The number of sulfone groups is 1. The second-order valence-corrected chi connectivity index (χ2v) is 10.6. The van der Waals surface area contributed by atoms with E-state index in [0.29, 0.717) is 23.7 Å². The average molecular weight is 490 g/mol. The molecule has 0 aromatic heterocycles. The van der Waals surface area contributed by atoms with Gasteiger partial charge in [0.25, 0.3) is 0 Å². The average Bonchev–Trinajstić information content (AvgIpc) is 2.85. The van der Waals surface area contributed by atoms with Crippen molar-refractivity contribution in [3.05, 3.63) is 54.1 Å². The Bertz CT molecular complexity index is 1030. The SMILES string of the molecule is CCOC(=O)C(C)C(c1cccc(OCCN2CCCCC2)c1)S(=O)(=O)c1ccc(OC)cc1. The smallest absolute Gasteiger partial charge is 0.310 e. The molecular weight excluding hydrogens is 454 g/mol. The minimum atomic E-state index is -3.92. The highest BCUT2D eigenvalue weighted by molar-refractivity contribution is 7.91. The lowest BCUT2D eigenvalue weighted by Crippen LogP contribution is -2.33. The fraction of sp³-hybridized carbons (Fsp3) is 0.500. The second kappa shape index (κ2) is 12.2. The molecule has 2 unspecified atom stereocenters. The molecule has 0 aliphatic carbocycles. The van der Waals surface area contributed by atoms with E-state index < -0.39 is 27.0 Å². The highest BCUT2D eigenvalue weighted by Crippen LogP contribution is 2.37. The Morgan fingerprint density at radius 1 is 1.03 bits per heavy atom. The summed E-state index contributed by atoms with van der Waals surface area (Å²) in [6, 6.07) is 13.2. The van der Waals surface area contributed by atoms with Crippen LogP contribution >= 0.6 is 0 Å². The van der Waals surface area contributed by atoms with E-state index in [2.05, 4.69) is 4.90 Å². The normalized spacial score (nSPS) is 16.4. The van der Waals surface area contributed by atoms with Crippen LogP contribution in [-0.2, 0) is 19.4 Å². The molecule has 0 saturated carbocycles. The van der Waals surface area contributed by atoms with Crippen molar-refractivity contribution in [3.8, 4) is 11.5 Å². The number of hydrogen-bond donors (Lipinski definition) is 0. The molecule has 2 aromatic rings. The molecule has 2 atom stereocenters. The van der Waals surface area contributed by atoms with Gasteiger partial charge >= 0.3 is 5.97 Å². The Hall–Kier alpha value is -2.58. The van der Waals surface area contributed by atoms with Crippen molar-refractivity contribution in [2.45, 2.75) is 43.3 Å². The van der Waals surface area contributed by atoms with E-state index in [-0.39, 0.29) is 11.5 Å². The van der Waals surface area contributed by atoms with Crippen molar-refractivity contribution in [1.29, 1.82) is 0 Å². The van der Waals surface area contributed by atoms with Crippen LogP contribution in [0.5, 0.6) is 11.5 Å². The van der Waals surface area contributed by atoms with Gasteiger partial charge in [0.1, 0.15) is 23.4 Å². The minimum Gasteiger partial charge on any atom is -0.497 e. The van der Waals surface area contributed by atoms with E-state index in [1.165, 1.54) is 38.5 Å². The number of carbonyl (C=O) groups excluding carboxylic acids is 1. The number of likely N-dealkylation sites (tertiary alicyclic amines) is 1. The van der Waals surface area contributed by atoms with Crippen molar-refractivity contribution in [3.63, 3.8) is 0 Å². The maximum atomic E-state index is 13.7. The molecule has 7 nitrogen and oxygen atoms in total. The number of benzene rings is 2. The molecule has 1 fully saturated rings. The lowest BCUT2D eigenvalue weighted by atomic mass is 10.0. The standard InChI is InChI=1S/C26H35NO6S/c1-4-32-26(28)20(2)25(34(29,30)24-13-11-22(31-3)12-14-24)21-9-8-10-23(19-21)33-18-17-27-15-6-5-7-16-27/h8-14,19-20,25H,4-7,15-18H2,1-3H3. The summed E-state index contributed by atoms with van der Waals surface area (Å²) in [7, 11) is -2.40. The number of rotatable bonds is 11. The van der Waals surface area contributed by atoms with Gasteiger partial charge < -0.3 is 14.2 Å². The zero-order chi connectivity index (χ0) is 24.6. The fourth-order valence-electron chi connectivity index (χ4n) is 4.30. The molecule has 1 saturated heterocycles. The summed E-state index contributed by atoms with van der Waals surface area (Å²) in [5.41, 5.74) is 0.492. The van der Waals surface area contributed by atoms with Crippen molar-refractivity contribution in [2.75, 3.05) is 40.0 Å². The van der Waals surface area contributed by atoms with Crippen LogP contribution in [0.15, 0.2) is 53.4 Å². The van der Waals surface area contributed by atoms with Crippen LogP contribution in [0.4, 0.5) is 0 Å². The van der Waals surface area contributed by atoms with Gasteiger partial charge in [-0.3, -0.25) is 9.69 Å². The summed E-state index contributed by atoms with van der Waals surface area (Å²) in [5, 5.41) is -1.12. The number of methoxy groups -OCH3 is 1. The summed E-state index contributed by atoms with van der Waals surface area (Å²) in [5.74, 6) is -0.324. The number of carbonyl (C=O) groups is 1. The monoisotopic (exact) mass is 489 g/mol. The third-order valence-electron chi connectivity index (χ3n) is 6.15. The predicted octanol–water partition coefficient (Wildman–Crippen LogP) is 4.27. The minimum absolute atomic E-state index is 0.117. The Balaban J connectivity index is 1.86. The second-order valence-electron chi connectivity index (χ2n) is 8.51. The zero-order valence-corrected chi connectivity index (χ0v) is 21.1. The molecule has 0 spiro atoms. The van der Waals surface area contributed by atoms with E-state index >= 15 is 0 Å². The third-order valence-corrected chi connectivity index (χ3v) is 8.42. The van der Waals surface area contributed by atoms with Crippen LogP contribution in [-0.4, -0.2) is 59.2 Å². The summed E-state index contributed by atoms with van der Waals surface area (Å²) in [4.78, 5) is 15.1. The highest BCUT2D eigenvalue weighted by Gasteiger charge is 2.38. The van der Waals surface area contributed by atoms with E-state index in [1.807, 2.05) is 6.07 Å². The molecule has 0 N–H and O–H groups in total. The number of piperidine rings is 1. The van der Waals surface area contributed by atoms with Gasteiger partial charge in [-0.25, -0.2) is 8.42 Å². The molecule has 2 aromatic carbocycles. The van der Waals surface area contributed by atoms with Gasteiger partial charge in [0.15, 0.2) is 9.84 Å². The van der Waals surface area contributed by atoms with Crippen LogP contribution in [0, 0.1) is 5.92 Å². The van der Waals surface area contributed by atoms with Crippen molar-refractivity contribution in [2.24, 2.45) is 5.92 Å². The van der Waals surface area contributed by atoms with Crippen LogP contribution in [0.1, 0.15) is 43.9 Å². The van der Waals surface area contributed by atoms with E-state index in [9.17, 15) is 13.2 Å². The molecule has 1 aliphatic heterocycles. The first kappa shape index (κ1) is 26.0. The predicted molar refractivity (Wildman–Crippen MR) is 131 cm³/mol. The highest BCUT2D eigenvalue weighted by atomic mass is 32.2. The van der Waals surface area contributed by atoms with Crippen molar-refractivity contribution in [1.82, 2.24) is 4.90 Å². The number of esters is 1. The summed E-state index contributed by atoms with van der Waals surface area (Å²) in [6.45, 7) is 7.00. The number of ether oxygens (including phenoxy) is 3. The molecule has 0 bridgehead atoms. The zero-order valence-electron chi connectivity index (χ0n) is 20.2. The van der Waals surface area contributed by atoms with Crippen molar-refractivity contribution >= 4 is 15.8 Å². The van der Waals surface area contributed by atoms with Crippen LogP contribution < -0.4 is 9.47 Å². The quantitative estimate of drug-likeness (QED) is 0.436. The van der Waals surface area contributed by atoms with Crippen LogP contribution in [0.3, 0.4) is 0 Å². The third kappa shape index (κ3) is 6.51. The maximum absolute atomic E-state index is 13.7. The first-order chi connectivity index (χ1) is 16.4. The van der Waals surface area contributed by atoms with Crippen molar-refractivity contribution < 1.29 is 27.4 Å². The molecule has 3 rings (SSSR count). The molecular formula is C26H35NO6S. The first-order valence-corrected chi connectivity index (χ1v) is 13.4. The molecule has 34 heavy (non-hydrogen) atoms. The van der Waals surface area contributed by atoms with Gasteiger partial charge in [-0.15, -0.1) is 0 Å². The topological polar surface area (TPSA) is 82.1 Å². The molecule has 8 heteroatoms. The van der Waals surface area contributed by atoms with Gasteiger partial charge in [-0.2, -0.15) is 0 Å². The molecule has 186 valence electrons. The lowest BCUT2D eigenvalue weighted by Gasteiger charge is -2.26. The fourth-order valence-corrected chi connectivity index (χ4v) is 6.26. The van der Waals surface area contributed by atoms with Gasteiger partial charge in [0.2, 0.25) is 0 Å². The summed E-state index contributed by atoms with van der Waals surface area (Å²) >= 11 is 0. The Morgan fingerprint density at radius 2 is 1.74 bits per heavy atom.